The average molecular weight is 285 g/mol. The summed E-state index contributed by atoms with van der Waals surface area (Å²) in [7, 11) is 1.67. The van der Waals surface area contributed by atoms with E-state index in [0.29, 0.717) is 0 Å². The first kappa shape index (κ1) is 15.9. The van der Waals surface area contributed by atoms with Crippen molar-refractivity contribution in [2.24, 2.45) is 0 Å². The van der Waals surface area contributed by atoms with Gasteiger partial charge in [-0.25, -0.2) is 9.78 Å². The summed E-state index contributed by atoms with van der Waals surface area (Å²) >= 11 is 1.61. The molecule has 1 atom stereocenters. The van der Waals surface area contributed by atoms with Crippen LogP contribution in [0.1, 0.15) is 44.4 Å². The molecule has 0 spiro atoms. The lowest BCUT2D eigenvalue weighted by Gasteiger charge is -2.26. The fraction of sp³-hybridized carbons (Fsp3) is 0.692. The molecule has 0 fully saturated rings. The molecule has 2 N–H and O–H groups in total. The fourth-order valence-electron chi connectivity index (χ4n) is 1.71. The molecule has 0 saturated carbocycles. The van der Waals surface area contributed by atoms with E-state index in [1.54, 1.807) is 32.2 Å². The second-order valence-electron chi connectivity index (χ2n) is 5.36. The molecule has 0 radical (unpaired) electrons. The van der Waals surface area contributed by atoms with Gasteiger partial charge < -0.3 is 15.3 Å². The minimum Gasteiger partial charge on any atom is -0.389 e. The maximum absolute atomic E-state index is 12.0. The summed E-state index contributed by atoms with van der Waals surface area (Å²) in [6.45, 7) is 7.60. The first-order chi connectivity index (χ1) is 8.73. The molecule has 1 aromatic heterocycles. The van der Waals surface area contributed by atoms with E-state index in [2.05, 4.69) is 17.2 Å². The highest BCUT2D eigenvalue weighted by Crippen LogP contribution is 2.17. The second-order valence-corrected chi connectivity index (χ2v) is 6.30. The van der Waals surface area contributed by atoms with E-state index in [1.807, 2.05) is 12.3 Å². The standard InChI is InChI=1S/C13H23N3O2S/c1-6-11-15-10(7-19-11)9(2)14-12(17)16(5)8-13(3,4)18/h7,9,18H,6,8H2,1-5H3,(H,14,17). The molecule has 0 aromatic carbocycles. The summed E-state index contributed by atoms with van der Waals surface area (Å²) in [5.74, 6) is 0. The Balaban J connectivity index is 2.56. The second kappa shape index (κ2) is 6.34. The zero-order chi connectivity index (χ0) is 14.6. The van der Waals surface area contributed by atoms with Crippen LogP contribution in [0.25, 0.3) is 0 Å². The molecule has 6 heteroatoms. The third kappa shape index (κ3) is 5.16. The van der Waals surface area contributed by atoms with Gasteiger partial charge in [0.2, 0.25) is 0 Å². The van der Waals surface area contributed by atoms with Gasteiger partial charge in [-0.15, -0.1) is 11.3 Å². The Morgan fingerprint density at radius 3 is 2.74 bits per heavy atom. The van der Waals surface area contributed by atoms with E-state index in [9.17, 15) is 9.90 Å². The number of hydrogen-bond donors (Lipinski definition) is 2. The molecule has 0 saturated heterocycles. The Morgan fingerprint density at radius 1 is 1.63 bits per heavy atom. The van der Waals surface area contributed by atoms with Crippen LogP contribution in [-0.4, -0.2) is 40.2 Å². The monoisotopic (exact) mass is 285 g/mol. The third-order valence-electron chi connectivity index (χ3n) is 2.63. The predicted octanol–water partition coefficient (Wildman–Crippen LogP) is 2.18. The molecule has 1 heterocycles. The number of hydrogen-bond acceptors (Lipinski definition) is 4. The summed E-state index contributed by atoms with van der Waals surface area (Å²) in [5.41, 5.74) is -0.0161. The average Bonchev–Trinajstić information content (AvgIpc) is 2.75. The number of aliphatic hydroxyl groups is 1. The number of rotatable bonds is 5. The Bertz CT molecular complexity index is 426. The number of carbonyl (C=O) groups excluding carboxylic acids is 1. The maximum atomic E-state index is 12.0. The molecule has 0 aliphatic heterocycles. The van der Waals surface area contributed by atoms with Crippen molar-refractivity contribution in [3.63, 3.8) is 0 Å². The van der Waals surface area contributed by atoms with Crippen LogP contribution < -0.4 is 5.32 Å². The van der Waals surface area contributed by atoms with Crippen LogP contribution in [0.5, 0.6) is 0 Å². The number of urea groups is 1. The minimum absolute atomic E-state index is 0.131. The Kier molecular flexibility index (Phi) is 5.31. The molecular formula is C13H23N3O2S. The number of nitrogens with one attached hydrogen (secondary N) is 1. The number of thiazole rings is 1. The molecule has 1 aromatic rings. The van der Waals surface area contributed by atoms with Gasteiger partial charge in [0, 0.05) is 12.4 Å². The van der Waals surface area contributed by atoms with Gasteiger partial charge >= 0.3 is 6.03 Å². The molecule has 1 rings (SSSR count). The highest BCUT2D eigenvalue weighted by atomic mass is 32.1. The fourth-order valence-corrected chi connectivity index (χ4v) is 2.55. The van der Waals surface area contributed by atoms with Crippen LogP contribution in [0.3, 0.4) is 0 Å². The van der Waals surface area contributed by atoms with Crippen LogP contribution in [-0.2, 0) is 6.42 Å². The summed E-state index contributed by atoms with van der Waals surface area (Å²) < 4.78 is 0. The lowest BCUT2D eigenvalue weighted by Crippen LogP contribution is -2.45. The molecule has 108 valence electrons. The molecule has 19 heavy (non-hydrogen) atoms. The van der Waals surface area contributed by atoms with Gasteiger partial charge in [-0.3, -0.25) is 0 Å². The van der Waals surface area contributed by atoms with Gasteiger partial charge in [-0.2, -0.15) is 0 Å². The van der Waals surface area contributed by atoms with Crippen molar-refractivity contribution in [3.05, 3.63) is 16.1 Å². The summed E-state index contributed by atoms with van der Waals surface area (Å²) in [6.07, 6.45) is 0.907. The minimum atomic E-state index is -0.897. The van der Waals surface area contributed by atoms with Gasteiger partial charge in [-0.1, -0.05) is 6.92 Å². The van der Waals surface area contributed by atoms with E-state index in [1.165, 1.54) is 4.90 Å². The molecule has 2 amide bonds. The Morgan fingerprint density at radius 2 is 2.26 bits per heavy atom. The van der Waals surface area contributed by atoms with Crippen molar-refractivity contribution in [1.29, 1.82) is 0 Å². The van der Waals surface area contributed by atoms with Crippen LogP contribution in [0.2, 0.25) is 0 Å². The van der Waals surface area contributed by atoms with Crippen LogP contribution in [0.4, 0.5) is 4.79 Å². The normalized spacial score (nSPS) is 13.2. The first-order valence-corrected chi connectivity index (χ1v) is 7.29. The number of amides is 2. The van der Waals surface area contributed by atoms with E-state index in [4.69, 9.17) is 0 Å². The first-order valence-electron chi connectivity index (χ1n) is 6.41. The van der Waals surface area contributed by atoms with Crippen molar-refractivity contribution >= 4 is 17.4 Å². The smallest absolute Gasteiger partial charge is 0.317 e. The van der Waals surface area contributed by atoms with Crippen LogP contribution in [0, 0.1) is 0 Å². The molecule has 0 bridgehead atoms. The summed E-state index contributed by atoms with van der Waals surface area (Å²) in [5, 5.41) is 15.6. The van der Waals surface area contributed by atoms with Gasteiger partial charge in [0.25, 0.3) is 0 Å². The Hall–Kier alpha value is -1.14. The zero-order valence-corrected chi connectivity index (χ0v) is 13.0. The molecule has 1 unspecified atom stereocenters. The Labute approximate surface area is 118 Å². The van der Waals surface area contributed by atoms with Gasteiger partial charge in [0.05, 0.1) is 28.9 Å². The zero-order valence-electron chi connectivity index (χ0n) is 12.2. The molecule has 0 aliphatic rings. The van der Waals surface area contributed by atoms with Crippen molar-refractivity contribution < 1.29 is 9.90 Å². The summed E-state index contributed by atoms with van der Waals surface area (Å²) in [6, 6.07) is -0.339. The topological polar surface area (TPSA) is 65.5 Å². The summed E-state index contributed by atoms with van der Waals surface area (Å²) in [4.78, 5) is 17.9. The SMILES string of the molecule is CCc1nc(C(C)NC(=O)N(C)CC(C)(C)O)cs1. The number of nitrogens with zero attached hydrogens (tertiary/aromatic N) is 2. The highest BCUT2D eigenvalue weighted by Gasteiger charge is 2.21. The van der Waals surface area contributed by atoms with Gasteiger partial charge in [0.1, 0.15) is 0 Å². The highest BCUT2D eigenvalue weighted by molar-refractivity contribution is 7.09. The van der Waals surface area contributed by atoms with Crippen molar-refractivity contribution in [3.8, 4) is 0 Å². The van der Waals surface area contributed by atoms with Crippen LogP contribution >= 0.6 is 11.3 Å². The number of likely N-dealkylation sites (N-methyl/N-ethyl adjacent to an activating group) is 1. The lowest BCUT2D eigenvalue weighted by molar-refractivity contribution is 0.0528. The number of carbonyl (C=O) groups is 1. The van der Waals surface area contributed by atoms with Crippen molar-refractivity contribution in [1.82, 2.24) is 15.2 Å². The van der Waals surface area contributed by atoms with Gasteiger partial charge in [0.15, 0.2) is 0 Å². The van der Waals surface area contributed by atoms with E-state index >= 15 is 0 Å². The lowest BCUT2D eigenvalue weighted by atomic mass is 10.1. The number of aryl methyl sites for hydroxylation is 1. The van der Waals surface area contributed by atoms with E-state index < -0.39 is 5.60 Å². The quantitative estimate of drug-likeness (QED) is 0.871. The predicted molar refractivity (Wildman–Crippen MR) is 77.4 cm³/mol. The van der Waals surface area contributed by atoms with Gasteiger partial charge in [-0.05, 0) is 27.2 Å². The van der Waals surface area contributed by atoms with E-state index in [-0.39, 0.29) is 18.6 Å². The molecular weight excluding hydrogens is 262 g/mol. The third-order valence-corrected chi connectivity index (χ3v) is 3.64. The van der Waals surface area contributed by atoms with Crippen LogP contribution in [0.15, 0.2) is 5.38 Å². The maximum Gasteiger partial charge on any atom is 0.317 e. The van der Waals surface area contributed by atoms with E-state index in [0.717, 1.165) is 17.1 Å². The largest absolute Gasteiger partial charge is 0.389 e. The number of aromatic nitrogens is 1. The van der Waals surface area contributed by atoms with Crippen molar-refractivity contribution in [2.45, 2.75) is 45.8 Å². The molecule has 0 aliphatic carbocycles. The van der Waals surface area contributed by atoms with Crippen molar-refractivity contribution in [2.75, 3.05) is 13.6 Å². The molecule has 5 nitrogen and oxygen atoms in total.